The summed E-state index contributed by atoms with van der Waals surface area (Å²) in [6, 6.07) is 23.0. The molecule has 0 unspecified atom stereocenters. The SMILES string of the molecule is O=C(CCc1cccc(C(=O)O)c1)Cc1nc2ccc(/C=C/c3ccccc3)cc2s1. The molecule has 4 aromatic rings. The van der Waals surface area contributed by atoms with Gasteiger partial charge < -0.3 is 5.11 Å². The Kier molecular flexibility index (Phi) is 6.34. The summed E-state index contributed by atoms with van der Waals surface area (Å²) in [5, 5.41) is 9.89. The predicted molar refractivity (Wildman–Crippen MR) is 125 cm³/mol. The van der Waals surface area contributed by atoms with Crippen molar-refractivity contribution in [2.24, 2.45) is 0 Å². The predicted octanol–water partition coefficient (Wildman–Crippen LogP) is 5.91. The van der Waals surface area contributed by atoms with Crippen LogP contribution >= 0.6 is 11.3 Å². The number of fused-ring (bicyclic) bond motifs is 1. The summed E-state index contributed by atoms with van der Waals surface area (Å²) in [5.74, 6) is -0.857. The molecule has 4 nitrogen and oxygen atoms in total. The van der Waals surface area contributed by atoms with E-state index in [4.69, 9.17) is 5.11 Å². The molecule has 0 saturated carbocycles. The van der Waals surface area contributed by atoms with Crippen LogP contribution in [0.5, 0.6) is 0 Å². The Hall–Kier alpha value is -3.57. The first-order chi connectivity index (χ1) is 15.1. The van der Waals surface area contributed by atoms with E-state index in [0.717, 1.165) is 31.9 Å². The number of hydrogen-bond donors (Lipinski definition) is 1. The van der Waals surface area contributed by atoms with Crippen molar-refractivity contribution in [1.82, 2.24) is 4.98 Å². The first-order valence-corrected chi connectivity index (χ1v) is 10.8. The Morgan fingerprint density at radius 3 is 2.52 bits per heavy atom. The third-order valence-electron chi connectivity index (χ3n) is 4.94. The lowest BCUT2D eigenvalue weighted by Crippen LogP contribution is -2.05. The molecule has 0 saturated heterocycles. The fourth-order valence-corrected chi connectivity index (χ4v) is 4.37. The van der Waals surface area contributed by atoms with E-state index in [-0.39, 0.29) is 11.3 Å². The fraction of sp³-hybridized carbons (Fsp3) is 0.115. The van der Waals surface area contributed by atoms with Crippen molar-refractivity contribution in [2.45, 2.75) is 19.3 Å². The van der Waals surface area contributed by atoms with E-state index >= 15 is 0 Å². The van der Waals surface area contributed by atoms with Crippen molar-refractivity contribution in [1.29, 1.82) is 0 Å². The second-order valence-electron chi connectivity index (χ2n) is 7.30. The number of carboxylic acid groups (broad SMARTS) is 1. The number of Topliss-reactive ketones (excluding diaryl/α,β-unsaturated/α-hetero) is 1. The van der Waals surface area contributed by atoms with Gasteiger partial charge in [-0.3, -0.25) is 4.79 Å². The second kappa shape index (κ2) is 9.49. The van der Waals surface area contributed by atoms with Gasteiger partial charge in [0.1, 0.15) is 10.8 Å². The fourth-order valence-electron chi connectivity index (χ4n) is 3.33. The number of thiazole rings is 1. The Bertz CT molecular complexity index is 1260. The molecule has 1 heterocycles. The van der Waals surface area contributed by atoms with Gasteiger partial charge in [-0.2, -0.15) is 0 Å². The van der Waals surface area contributed by atoms with E-state index in [0.29, 0.717) is 19.3 Å². The molecule has 154 valence electrons. The maximum atomic E-state index is 12.4. The molecule has 0 atom stereocenters. The largest absolute Gasteiger partial charge is 0.478 e. The average Bonchev–Trinajstić information content (AvgIpc) is 3.18. The minimum absolute atomic E-state index is 0.101. The van der Waals surface area contributed by atoms with E-state index in [1.165, 1.54) is 0 Å². The molecule has 0 bridgehead atoms. The summed E-state index contributed by atoms with van der Waals surface area (Å²) in [6.45, 7) is 0. The average molecular weight is 428 g/mol. The number of nitrogens with zero attached hydrogens (tertiary/aromatic N) is 1. The summed E-state index contributed by atoms with van der Waals surface area (Å²) >= 11 is 1.55. The van der Waals surface area contributed by atoms with Crippen LogP contribution in [0, 0.1) is 0 Å². The van der Waals surface area contributed by atoms with Crippen LogP contribution in [0.25, 0.3) is 22.4 Å². The number of ketones is 1. The summed E-state index contributed by atoms with van der Waals surface area (Å²) in [6.07, 6.45) is 5.34. The molecule has 0 radical (unpaired) electrons. The number of carbonyl (C=O) groups excluding carboxylic acids is 1. The van der Waals surface area contributed by atoms with E-state index < -0.39 is 5.97 Å². The molecule has 0 fully saturated rings. The van der Waals surface area contributed by atoms with Crippen LogP contribution in [0.15, 0.2) is 72.8 Å². The highest BCUT2D eigenvalue weighted by Gasteiger charge is 2.11. The standard InChI is InChI=1S/C26H21NO3S/c28-22(13-11-19-7-4-8-21(15-19)26(29)30)17-25-27-23-14-12-20(16-24(23)31-25)10-9-18-5-2-1-3-6-18/h1-10,12,14-16H,11,13,17H2,(H,29,30)/b10-9+. The maximum Gasteiger partial charge on any atom is 0.335 e. The lowest BCUT2D eigenvalue weighted by molar-refractivity contribution is -0.118. The van der Waals surface area contributed by atoms with Gasteiger partial charge in [-0.25, -0.2) is 9.78 Å². The highest BCUT2D eigenvalue weighted by atomic mass is 32.1. The smallest absolute Gasteiger partial charge is 0.335 e. The topological polar surface area (TPSA) is 67.3 Å². The Labute approximate surface area is 184 Å². The van der Waals surface area contributed by atoms with E-state index in [9.17, 15) is 9.59 Å². The molecule has 0 amide bonds. The summed E-state index contributed by atoms with van der Waals surface area (Å²) in [5.41, 5.74) is 4.24. The van der Waals surface area contributed by atoms with Crippen molar-refractivity contribution < 1.29 is 14.7 Å². The minimum atomic E-state index is -0.958. The van der Waals surface area contributed by atoms with Crippen LogP contribution in [0.4, 0.5) is 0 Å². The van der Waals surface area contributed by atoms with Crippen molar-refractivity contribution in [2.75, 3.05) is 0 Å². The number of aromatic carboxylic acids is 1. The van der Waals surface area contributed by atoms with E-state index in [2.05, 4.69) is 35.3 Å². The van der Waals surface area contributed by atoms with Crippen molar-refractivity contribution >= 4 is 45.5 Å². The molecular formula is C26H21NO3S. The minimum Gasteiger partial charge on any atom is -0.478 e. The van der Waals surface area contributed by atoms with Crippen LogP contribution in [-0.2, 0) is 17.6 Å². The number of aryl methyl sites for hydroxylation is 1. The zero-order valence-corrected chi connectivity index (χ0v) is 17.6. The number of carbonyl (C=O) groups is 2. The Morgan fingerprint density at radius 1 is 0.903 bits per heavy atom. The van der Waals surface area contributed by atoms with Crippen molar-refractivity contribution in [3.63, 3.8) is 0 Å². The second-order valence-corrected chi connectivity index (χ2v) is 8.41. The van der Waals surface area contributed by atoms with Gasteiger partial charge in [-0.05, 0) is 47.4 Å². The molecule has 0 aliphatic rings. The third-order valence-corrected chi connectivity index (χ3v) is 5.96. The molecule has 0 aliphatic carbocycles. The summed E-state index contributed by atoms with van der Waals surface area (Å²) in [7, 11) is 0. The number of benzene rings is 3. The monoisotopic (exact) mass is 427 g/mol. The van der Waals surface area contributed by atoms with Gasteiger partial charge in [0.25, 0.3) is 0 Å². The number of aromatic nitrogens is 1. The van der Waals surface area contributed by atoms with Crippen LogP contribution in [-0.4, -0.2) is 21.8 Å². The molecule has 0 spiro atoms. The van der Waals surface area contributed by atoms with E-state index in [1.807, 2.05) is 36.4 Å². The molecule has 4 rings (SSSR count). The van der Waals surface area contributed by atoms with Gasteiger partial charge in [0, 0.05) is 6.42 Å². The molecular weight excluding hydrogens is 406 g/mol. The molecule has 3 aromatic carbocycles. The number of rotatable bonds is 8. The first kappa shape index (κ1) is 20.7. The highest BCUT2D eigenvalue weighted by molar-refractivity contribution is 7.18. The third kappa shape index (κ3) is 5.53. The van der Waals surface area contributed by atoms with E-state index in [1.54, 1.807) is 29.5 Å². The maximum absolute atomic E-state index is 12.4. The molecule has 1 N–H and O–H groups in total. The zero-order valence-electron chi connectivity index (χ0n) is 16.8. The molecule has 1 aromatic heterocycles. The first-order valence-electron chi connectivity index (χ1n) is 10.0. The number of carboxylic acids is 1. The Balaban J connectivity index is 1.39. The van der Waals surface area contributed by atoms with Gasteiger partial charge in [0.2, 0.25) is 0 Å². The number of hydrogen-bond acceptors (Lipinski definition) is 4. The van der Waals surface area contributed by atoms with Gasteiger partial charge in [-0.15, -0.1) is 11.3 Å². The van der Waals surface area contributed by atoms with Crippen LogP contribution in [0.3, 0.4) is 0 Å². The van der Waals surface area contributed by atoms with Crippen molar-refractivity contribution in [3.8, 4) is 0 Å². The summed E-state index contributed by atoms with van der Waals surface area (Å²) < 4.78 is 1.06. The molecule has 31 heavy (non-hydrogen) atoms. The van der Waals surface area contributed by atoms with Gasteiger partial charge in [-0.1, -0.05) is 60.7 Å². The zero-order chi connectivity index (χ0) is 21.6. The van der Waals surface area contributed by atoms with Crippen LogP contribution < -0.4 is 0 Å². The van der Waals surface area contributed by atoms with Crippen molar-refractivity contribution in [3.05, 3.63) is 100 Å². The normalized spacial score (nSPS) is 11.2. The van der Waals surface area contributed by atoms with Crippen LogP contribution in [0.1, 0.15) is 38.5 Å². The Morgan fingerprint density at radius 2 is 1.71 bits per heavy atom. The lowest BCUT2D eigenvalue weighted by Gasteiger charge is -2.02. The van der Waals surface area contributed by atoms with Gasteiger partial charge in [0.05, 0.1) is 22.2 Å². The summed E-state index contributed by atoms with van der Waals surface area (Å²) in [4.78, 5) is 28.1. The van der Waals surface area contributed by atoms with Gasteiger partial charge in [0.15, 0.2) is 0 Å². The van der Waals surface area contributed by atoms with Gasteiger partial charge >= 0.3 is 5.97 Å². The van der Waals surface area contributed by atoms with Crippen LogP contribution in [0.2, 0.25) is 0 Å². The molecule has 0 aliphatic heterocycles. The quantitative estimate of drug-likeness (QED) is 0.355. The molecule has 5 heteroatoms. The highest BCUT2D eigenvalue weighted by Crippen LogP contribution is 2.25. The lowest BCUT2D eigenvalue weighted by atomic mass is 10.0.